The van der Waals surface area contributed by atoms with E-state index in [1.807, 2.05) is 12.1 Å². The van der Waals surface area contributed by atoms with Crippen molar-refractivity contribution in [2.24, 2.45) is 0 Å². The van der Waals surface area contributed by atoms with Crippen molar-refractivity contribution in [2.45, 2.75) is 0 Å². The second-order valence-electron chi connectivity index (χ2n) is 9.41. The van der Waals surface area contributed by atoms with Crippen molar-refractivity contribution < 1.29 is 4.42 Å². The number of rotatable bonds is 4. The zero-order chi connectivity index (χ0) is 24.6. The number of furan rings is 1. The molecule has 7 rings (SSSR count). The Balaban J connectivity index is 1.22. The molecule has 0 aliphatic rings. The Bertz CT molecular complexity index is 1860. The van der Waals surface area contributed by atoms with Crippen LogP contribution in [-0.4, -0.2) is 0 Å². The topological polar surface area (TPSA) is 13.1 Å². The van der Waals surface area contributed by atoms with E-state index in [1.54, 1.807) is 0 Å². The van der Waals surface area contributed by atoms with Crippen molar-refractivity contribution in [1.82, 2.24) is 0 Å². The van der Waals surface area contributed by atoms with Gasteiger partial charge in [0.15, 0.2) is 0 Å². The van der Waals surface area contributed by atoms with E-state index in [-0.39, 0.29) is 0 Å². The van der Waals surface area contributed by atoms with E-state index in [0.29, 0.717) is 0 Å². The van der Waals surface area contributed by atoms with Crippen LogP contribution in [0.2, 0.25) is 0 Å². The minimum Gasteiger partial charge on any atom is -0.456 e. The minimum absolute atomic E-state index is 0.921. The van der Waals surface area contributed by atoms with Crippen molar-refractivity contribution in [3.05, 3.63) is 146 Å². The highest BCUT2D eigenvalue weighted by atomic mass is 16.3. The molecular formula is C36H24O. The van der Waals surface area contributed by atoms with Gasteiger partial charge in [-0.05, 0) is 74.8 Å². The molecule has 0 amide bonds. The summed E-state index contributed by atoms with van der Waals surface area (Å²) in [6.45, 7) is 0. The van der Waals surface area contributed by atoms with Gasteiger partial charge in [0.05, 0.1) is 0 Å². The van der Waals surface area contributed by atoms with Crippen LogP contribution >= 0.6 is 0 Å². The first kappa shape index (κ1) is 21.4. The molecule has 0 unspecified atom stereocenters. The van der Waals surface area contributed by atoms with Crippen LogP contribution in [0, 0.1) is 0 Å². The molecule has 1 nitrogen and oxygen atoms in total. The van der Waals surface area contributed by atoms with E-state index in [1.165, 1.54) is 38.9 Å². The summed E-state index contributed by atoms with van der Waals surface area (Å²) in [5.74, 6) is 0. The van der Waals surface area contributed by atoms with Gasteiger partial charge in [-0.2, -0.15) is 0 Å². The van der Waals surface area contributed by atoms with Crippen LogP contribution in [0.25, 0.3) is 66.4 Å². The zero-order valence-electron chi connectivity index (χ0n) is 20.3. The first-order valence-electron chi connectivity index (χ1n) is 12.6. The fourth-order valence-electron chi connectivity index (χ4n) is 5.15. The third-order valence-corrected chi connectivity index (χ3v) is 7.10. The standard InChI is InChI=1S/C36H24O/c1-2-8-25(9-3-1)26-16-18-27(19-17-26)28-10-6-11-29(22-28)30-12-7-13-31(23-30)32-20-21-34-33-14-4-5-15-35(33)37-36(34)24-32/h1-24H. The first-order chi connectivity index (χ1) is 18.3. The number of fused-ring (bicyclic) bond motifs is 3. The van der Waals surface area contributed by atoms with E-state index in [4.69, 9.17) is 4.42 Å². The minimum atomic E-state index is 0.921. The zero-order valence-corrected chi connectivity index (χ0v) is 20.3. The molecule has 7 aromatic rings. The highest BCUT2D eigenvalue weighted by Gasteiger charge is 2.09. The molecule has 1 aromatic heterocycles. The van der Waals surface area contributed by atoms with Crippen LogP contribution in [0.1, 0.15) is 0 Å². The number of hydrogen-bond acceptors (Lipinski definition) is 1. The largest absolute Gasteiger partial charge is 0.456 e. The first-order valence-corrected chi connectivity index (χ1v) is 12.6. The second kappa shape index (κ2) is 8.96. The predicted molar refractivity (Wildman–Crippen MR) is 155 cm³/mol. The van der Waals surface area contributed by atoms with Gasteiger partial charge in [0, 0.05) is 10.8 Å². The summed E-state index contributed by atoms with van der Waals surface area (Å²) < 4.78 is 6.13. The average Bonchev–Trinajstić information content (AvgIpc) is 3.36. The Kier molecular flexibility index (Phi) is 5.19. The van der Waals surface area contributed by atoms with Crippen molar-refractivity contribution in [3.63, 3.8) is 0 Å². The lowest BCUT2D eigenvalue weighted by atomic mass is 9.95. The fraction of sp³-hybridized carbons (Fsp3) is 0. The molecule has 6 aromatic carbocycles. The summed E-state index contributed by atoms with van der Waals surface area (Å²) in [5.41, 5.74) is 11.5. The normalized spacial score (nSPS) is 11.2. The van der Waals surface area contributed by atoms with Gasteiger partial charge < -0.3 is 4.42 Å². The average molecular weight is 473 g/mol. The smallest absolute Gasteiger partial charge is 0.136 e. The maximum atomic E-state index is 6.13. The molecule has 1 heteroatoms. The van der Waals surface area contributed by atoms with Crippen LogP contribution in [0.5, 0.6) is 0 Å². The number of para-hydroxylation sites is 1. The van der Waals surface area contributed by atoms with E-state index in [0.717, 1.165) is 27.5 Å². The van der Waals surface area contributed by atoms with Gasteiger partial charge in [0.25, 0.3) is 0 Å². The van der Waals surface area contributed by atoms with Crippen molar-refractivity contribution in [2.75, 3.05) is 0 Å². The molecule has 0 aliphatic heterocycles. The fourth-order valence-corrected chi connectivity index (χ4v) is 5.15. The molecule has 0 fully saturated rings. The maximum absolute atomic E-state index is 6.13. The molecule has 0 saturated heterocycles. The monoisotopic (exact) mass is 472 g/mol. The number of benzene rings is 6. The lowest BCUT2D eigenvalue weighted by Gasteiger charge is -2.09. The summed E-state index contributed by atoms with van der Waals surface area (Å²) in [6.07, 6.45) is 0. The third-order valence-electron chi connectivity index (χ3n) is 7.10. The van der Waals surface area contributed by atoms with Crippen LogP contribution in [-0.2, 0) is 0 Å². The summed E-state index contributed by atoms with van der Waals surface area (Å²) >= 11 is 0. The second-order valence-corrected chi connectivity index (χ2v) is 9.41. The van der Waals surface area contributed by atoms with Gasteiger partial charge >= 0.3 is 0 Å². The Morgan fingerprint density at radius 2 is 0.703 bits per heavy atom. The molecule has 0 aliphatic carbocycles. The molecule has 0 bridgehead atoms. The summed E-state index contributed by atoms with van der Waals surface area (Å²) in [6, 6.07) is 51.6. The molecule has 37 heavy (non-hydrogen) atoms. The Labute approximate surface area is 216 Å². The van der Waals surface area contributed by atoms with E-state index in [9.17, 15) is 0 Å². The van der Waals surface area contributed by atoms with Crippen LogP contribution < -0.4 is 0 Å². The Morgan fingerprint density at radius 3 is 1.38 bits per heavy atom. The van der Waals surface area contributed by atoms with Gasteiger partial charge in [-0.3, -0.25) is 0 Å². The predicted octanol–water partition coefficient (Wildman–Crippen LogP) is 10.3. The molecule has 174 valence electrons. The third kappa shape index (κ3) is 4.01. The summed E-state index contributed by atoms with van der Waals surface area (Å²) in [7, 11) is 0. The van der Waals surface area contributed by atoms with E-state index >= 15 is 0 Å². The summed E-state index contributed by atoms with van der Waals surface area (Å²) in [4.78, 5) is 0. The Morgan fingerprint density at radius 1 is 0.270 bits per heavy atom. The van der Waals surface area contributed by atoms with Gasteiger partial charge in [-0.1, -0.05) is 115 Å². The highest BCUT2D eigenvalue weighted by Crippen LogP contribution is 2.34. The quantitative estimate of drug-likeness (QED) is 0.248. The molecule has 0 atom stereocenters. The summed E-state index contributed by atoms with van der Waals surface area (Å²) in [5, 5.41) is 2.31. The SMILES string of the molecule is c1ccc(-c2ccc(-c3cccc(-c4cccc(-c5ccc6c(c5)oc5ccccc56)c4)c3)cc2)cc1. The molecule has 0 radical (unpaired) electrons. The van der Waals surface area contributed by atoms with Crippen molar-refractivity contribution >= 4 is 21.9 Å². The molecule has 0 spiro atoms. The highest BCUT2D eigenvalue weighted by molar-refractivity contribution is 6.05. The van der Waals surface area contributed by atoms with E-state index < -0.39 is 0 Å². The Hall–Kier alpha value is -4.88. The molecule has 0 saturated carbocycles. The van der Waals surface area contributed by atoms with Crippen molar-refractivity contribution in [1.29, 1.82) is 0 Å². The van der Waals surface area contributed by atoms with Gasteiger partial charge in [-0.15, -0.1) is 0 Å². The van der Waals surface area contributed by atoms with Crippen LogP contribution in [0.15, 0.2) is 150 Å². The number of hydrogen-bond donors (Lipinski definition) is 0. The van der Waals surface area contributed by atoms with Gasteiger partial charge in [0.2, 0.25) is 0 Å². The molecule has 1 heterocycles. The maximum Gasteiger partial charge on any atom is 0.136 e. The van der Waals surface area contributed by atoms with Gasteiger partial charge in [0.1, 0.15) is 11.2 Å². The lowest BCUT2D eigenvalue weighted by molar-refractivity contribution is 0.669. The molecule has 0 N–H and O–H groups in total. The lowest BCUT2D eigenvalue weighted by Crippen LogP contribution is -1.84. The molecular weight excluding hydrogens is 448 g/mol. The van der Waals surface area contributed by atoms with Crippen LogP contribution in [0.3, 0.4) is 0 Å². The van der Waals surface area contributed by atoms with Gasteiger partial charge in [-0.25, -0.2) is 0 Å². The van der Waals surface area contributed by atoms with E-state index in [2.05, 4.69) is 133 Å². The van der Waals surface area contributed by atoms with Crippen molar-refractivity contribution in [3.8, 4) is 44.5 Å². The van der Waals surface area contributed by atoms with Crippen LogP contribution in [0.4, 0.5) is 0 Å².